The zero-order valence-electron chi connectivity index (χ0n) is 13.0. The fourth-order valence-electron chi connectivity index (χ4n) is 2.33. The second-order valence-corrected chi connectivity index (χ2v) is 5.26. The maximum Gasteiger partial charge on any atom is 0.321 e. The van der Waals surface area contributed by atoms with Crippen LogP contribution in [0.4, 0.5) is 4.79 Å². The maximum atomic E-state index is 12.4. The lowest BCUT2D eigenvalue weighted by atomic mass is 10.2. The molecule has 8 heteroatoms. The van der Waals surface area contributed by atoms with Crippen LogP contribution in [0.1, 0.15) is 13.3 Å². The number of rotatable bonds is 4. The molecular weight excluding hydrogens is 312 g/mol. The highest BCUT2D eigenvalue weighted by molar-refractivity contribution is 6.01. The molecule has 0 bridgehead atoms. The Morgan fingerprint density at radius 2 is 2.08 bits per heavy atom. The highest BCUT2D eigenvalue weighted by Gasteiger charge is 2.15. The van der Waals surface area contributed by atoms with Gasteiger partial charge in [-0.05, 0) is 18.6 Å². The van der Waals surface area contributed by atoms with Gasteiger partial charge in [0, 0.05) is 11.9 Å². The van der Waals surface area contributed by atoms with Crippen LogP contribution in [0.2, 0.25) is 0 Å². The SMILES string of the molecule is CCCNC(=O)NC(=O)Cn1cnc2c(oc3ccccc32)c1=O. The van der Waals surface area contributed by atoms with Gasteiger partial charge in [0.1, 0.15) is 17.6 Å². The number of furan rings is 1. The first-order chi connectivity index (χ1) is 11.6. The molecule has 0 saturated heterocycles. The third-order valence-corrected chi connectivity index (χ3v) is 3.45. The summed E-state index contributed by atoms with van der Waals surface area (Å²) in [6.07, 6.45) is 2.03. The summed E-state index contributed by atoms with van der Waals surface area (Å²) in [6.45, 7) is 2.04. The van der Waals surface area contributed by atoms with Crippen LogP contribution in [-0.2, 0) is 11.3 Å². The predicted molar refractivity (Wildman–Crippen MR) is 87.6 cm³/mol. The maximum absolute atomic E-state index is 12.4. The van der Waals surface area contributed by atoms with Crippen molar-refractivity contribution in [2.24, 2.45) is 0 Å². The summed E-state index contributed by atoms with van der Waals surface area (Å²) in [7, 11) is 0. The first kappa shape index (κ1) is 15.7. The van der Waals surface area contributed by atoms with Gasteiger partial charge in [0.15, 0.2) is 0 Å². The van der Waals surface area contributed by atoms with E-state index in [2.05, 4.69) is 15.6 Å². The second kappa shape index (κ2) is 6.53. The molecule has 0 fully saturated rings. The van der Waals surface area contributed by atoms with Crippen LogP contribution < -0.4 is 16.2 Å². The van der Waals surface area contributed by atoms with Crippen LogP contribution in [0.5, 0.6) is 0 Å². The van der Waals surface area contributed by atoms with E-state index in [0.717, 1.165) is 16.4 Å². The zero-order valence-corrected chi connectivity index (χ0v) is 13.0. The number of nitrogens with one attached hydrogen (secondary N) is 2. The largest absolute Gasteiger partial charge is 0.448 e. The van der Waals surface area contributed by atoms with Gasteiger partial charge in [0.05, 0.1) is 6.33 Å². The van der Waals surface area contributed by atoms with Crippen molar-refractivity contribution in [2.45, 2.75) is 19.9 Å². The average Bonchev–Trinajstić information content (AvgIpc) is 2.95. The molecule has 0 aliphatic heterocycles. The summed E-state index contributed by atoms with van der Waals surface area (Å²) in [5, 5.41) is 5.41. The Bertz CT molecular complexity index is 973. The van der Waals surface area contributed by atoms with Gasteiger partial charge in [-0.1, -0.05) is 19.1 Å². The molecule has 8 nitrogen and oxygen atoms in total. The van der Waals surface area contributed by atoms with Gasteiger partial charge >= 0.3 is 6.03 Å². The number of imide groups is 1. The van der Waals surface area contributed by atoms with E-state index in [9.17, 15) is 14.4 Å². The van der Waals surface area contributed by atoms with Gasteiger partial charge in [0.25, 0.3) is 5.56 Å². The highest BCUT2D eigenvalue weighted by atomic mass is 16.3. The van der Waals surface area contributed by atoms with Gasteiger partial charge in [-0.15, -0.1) is 0 Å². The van der Waals surface area contributed by atoms with E-state index < -0.39 is 17.5 Å². The van der Waals surface area contributed by atoms with Gasteiger partial charge in [0.2, 0.25) is 11.5 Å². The quantitative estimate of drug-likeness (QED) is 0.752. The number of amides is 3. The Kier molecular flexibility index (Phi) is 4.28. The van der Waals surface area contributed by atoms with Crippen LogP contribution in [0.25, 0.3) is 22.1 Å². The molecule has 24 heavy (non-hydrogen) atoms. The molecule has 0 unspecified atom stereocenters. The molecule has 0 aliphatic rings. The molecule has 2 N–H and O–H groups in total. The number of para-hydroxylation sites is 1. The van der Waals surface area contributed by atoms with Gasteiger partial charge < -0.3 is 9.73 Å². The lowest BCUT2D eigenvalue weighted by Gasteiger charge is -2.06. The summed E-state index contributed by atoms with van der Waals surface area (Å²) in [5.74, 6) is -0.608. The molecular formula is C16H16N4O4. The van der Waals surface area contributed by atoms with Gasteiger partial charge in [-0.2, -0.15) is 0 Å². The summed E-state index contributed by atoms with van der Waals surface area (Å²) in [4.78, 5) is 39.9. The van der Waals surface area contributed by atoms with Crippen LogP contribution in [0.3, 0.4) is 0 Å². The van der Waals surface area contributed by atoms with Gasteiger partial charge in [-0.25, -0.2) is 9.78 Å². The normalized spacial score (nSPS) is 10.9. The monoisotopic (exact) mass is 328 g/mol. The van der Waals surface area contributed by atoms with Crippen LogP contribution in [0, 0.1) is 0 Å². The van der Waals surface area contributed by atoms with E-state index in [4.69, 9.17) is 4.42 Å². The Labute approximate surface area is 136 Å². The number of carbonyl (C=O) groups excluding carboxylic acids is 2. The smallest absolute Gasteiger partial charge is 0.321 e. The Balaban J connectivity index is 1.84. The molecule has 3 aromatic rings. The number of benzene rings is 1. The van der Waals surface area contributed by atoms with Crippen molar-refractivity contribution in [1.82, 2.24) is 20.2 Å². The standard InChI is InChI=1S/C16H16N4O4/c1-2-7-17-16(23)19-12(21)8-20-9-18-13-10-5-3-4-6-11(10)24-14(13)15(20)22/h3-6,9H,2,7-8H2,1H3,(H2,17,19,21,23). The minimum absolute atomic E-state index is 0.0851. The van der Waals surface area contributed by atoms with Crippen LogP contribution >= 0.6 is 0 Å². The number of aromatic nitrogens is 2. The van der Waals surface area contributed by atoms with E-state index in [1.54, 1.807) is 12.1 Å². The van der Waals surface area contributed by atoms with Crippen molar-refractivity contribution in [2.75, 3.05) is 6.54 Å². The molecule has 124 valence electrons. The average molecular weight is 328 g/mol. The van der Waals surface area contributed by atoms with E-state index in [1.165, 1.54) is 6.33 Å². The fraction of sp³-hybridized carbons (Fsp3) is 0.250. The summed E-state index contributed by atoms with van der Waals surface area (Å²) in [5.41, 5.74) is 0.619. The van der Waals surface area contributed by atoms with Crippen LogP contribution in [0.15, 0.2) is 39.8 Å². The van der Waals surface area contributed by atoms with Crippen molar-refractivity contribution in [3.8, 4) is 0 Å². The van der Waals surface area contributed by atoms with E-state index in [1.807, 2.05) is 19.1 Å². The number of hydrogen-bond acceptors (Lipinski definition) is 5. The molecule has 0 atom stereocenters. The molecule has 0 radical (unpaired) electrons. The Morgan fingerprint density at radius 1 is 1.29 bits per heavy atom. The lowest BCUT2D eigenvalue weighted by molar-refractivity contribution is -0.120. The topological polar surface area (TPSA) is 106 Å². The van der Waals surface area contributed by atoms with Gasteiger partial charge in [-0.3, -0.25) is 19.5 Å². The molecule has 3 amide bonds. The molecule has 1 aromatic carbocycles. The summed E-state index contributed by atoms with van der Waals surface area (Å²) in [6, 6.07) is 6.58. The van der Waals surface area contributed by atoms with E-state index in [0.29, 0.717) is 17.6 Å². The van der Waals surface area contributed by atoms with Crippen molar-refractivity contribution in [1.29, 1.82) is 0 Å². The van der Waals surface area contributed by atoms with E-state index >= 15 is 0 Å². The highest BCUT2D eigenvalue weighted by Crippen LogP contribution is 2.23. The summed E-state index contributed by atoms with van der Waals surface area (Å²) < 4.78 is 6.64. The lowest BCUT2D eigenvalue weighted by Crippen LogP contribution is -2.42. The number of urea groups is 1. The van der Waals surface area contributed by atoms with Crippen molar-refractivity contribution in [3.05, 3.63) is 40.9 Å². The molecule has 3 rings (SSSR count). The minimum atomic E-state index is -0.608. The number of fused-ring (bicyclic) bond motifs is 3. The third kappa shape index (κ3) is 2.98. The first-order valence-corrected chi connectivity index (χ1v) is 7.54. The second-order valence-electron chi connectivity index (χ2n) is 5.26. The van der Waals surface area contributed by atoms with Crippen molar-refractivity contribution in [3.63, 3.8) is 0 Å². The molecule has 0 spiro atoms. The van der Waals surface area contributed by atoms with Crippen LogP contribution in [-0.4, -0.2) is 28.0 Å². The molecule has 0 aliphatic carbocycles. The third-order valence-electron chi connectivity index (χ3n) is 3.45. The Morgan fingerprint density at radius 3 is 2.88 bits per heavy atom. The van der Waals surface area contributed by atoms with Crippen molar-refractivity contribution < 1.29 is 14.0 Å². The molecule has 2 aromatic heterocycles. The zero-order chi connectivity index (χ0) is 17.1. The van der Waals surface area contributed by atoms with E-state index in [-0.39, 0.29) is 12.1 Å². The fourth-order valence-corrected chi connectivity index (χ4v) is 2.33. The number of hydrogen-bond donors (Lipinski definition) is 2. The number of carbonyl (C=O) groups is 2. The number of nitrogens with zero attached hydrogens (tertiary/aromatic N) is 2. The molecule has 2 heterocycles. The summed E-state index contributed by atoms with van der Waals surface area (Å²) >= 11 is 0. The Hall–Kier alpha value is -3.16. The van der Waals surface area contributed by atoms with Crippen molar-refractivity contribution >= 4 is 34.0 Å². The first-order valence-electron chi connectivity index (χ1n) is 7.54. The minimum Gasteiger partial charge on any atom is -0.448 e. The molecule has 0 saturated carbocycles. The predicted octanol–water partition coefficient (Wildman–Crippen LogP) is 1.38.